The van der Waals surface area contributed by atoms with Crippen molar-refractivity contribution in [3.8, 4) is 6.07 Å². The van der Waals surface area contributed by atoms with Crippen LogP contribution >= 0.6 is 11.6 Å². The van der Waals surface area contributed by atoms with Crippen molar-refractivity contribution >= 4 is 23.2 Å². The molecule has 5 nitrogen and oxygen atoms in total. The van der Waals surface area contributed by atoms with Gasteiger partial charge in [0.2, 0.25) is 0 Å². The number of aromatic nitrogens is 3. The van der Waals surface area contributed by atoms with Crippen LogP contribution < -0.4 is 5.32 Å². The fourth-order valence-electron chi connectivity index (χ4n) is 1.72. The standard InChI is InChI=1S/C12H10ClN5/c13-12-8(6-14)3-4-10(16-12)15-11-5-9(17-18-11)7-1-2-7/h3-5,7H,1-2H2,(H2,15,16,17,18). The van der Waals surface area contributed by atoms with Crippen molar-refractivity contribution in [3.63, 3.8) is 0 Å². The van der Waals surface area contributed by atoms with E-state index in [1.165, 1.54) is 12.8 Å². The molecule has 0 aliphatic heterocycles. The minimum Gasteiger partial charge on any atom is -0.323 e. The fourth-order valence-corrected chi connectivity index (χ4v) is 1.92. The number of nitrogens with one attached hydrogen (secondary N) is 2. The quantitative estimate of drug-likeness (QED) is 0.831. The summed E-state index contributed by atoms with van der Waals surface area (Å²) in [6, 6.07) is 7.28. The molecule has 0 saturated heterocycles. The minimum absolute atomic E-state index is 0.195. The molecule has 0 amide bonds. The van der Waals surface area contributed by atoms with Crippen molar-refractivity contribution in [2.24, 2.45) is 0 Å². The van der Waals surface area contributed by atoms with Gasteiger partial charge in [-0.2, -0.15) is 10.4 Å². The third-order valence-electron chi connectivity index (χ3n) is 2.84. The highest BCUT2D eigenvalue weighted by Crippen LogP contribution is 2.39. The summed E-state index contributed by atoms with van der Waals surface area (Å²) >= 11 is 5.86. The topological polar surface area (TPSA) is 77.4 Å². The molecule has 0 unspecified atom stereocenters. The van der Waals surface area contributed by atoms with Gasteiger partial charge in [0, 0.05) is 17.7 Å². The summed E-state index contributed by atoms with van der Waals surface area (Å²) in [5.74, 6) is 1.92. The van der Waals surface area contributed by atoms with Crippen LogP contribution in [0.4, 0.5) is 11.6 Å². The third kappa shape index (κ3) is 2.15. The molecule has 0 spiro atoms. The molecule has 0 atom stereocenters. The molecule has 2 N–H and O–H groups in total. The number of nitrogens with zero attached hydrogens (tertiary/aromatic N) is 3. The Balaban J connectivity index is 1.78. The average Bonchev–Trinajstić information content (AvgIpc) is 3.11. The van der Waals surface area contributed by atoms with E-state index in [9.17, 15) is 0 Å². The fraction of sp³-hybridized carbons (Fsp3) is 0.250. The molecule has 2 aromatic rings. The van der Waals surface area contributed by atoms with Gasteiger partial charge in [0.15, 0.2) is 5.82 Å². The molecule has 18 heavy (non-hydrogen) atoms. The second-order valence-electron chi connectivity index (χ2n) is 4.25. The normalized spacial score (nSPS) is 14.2. The van der Waals surface area contributed by atoms with Crippen molar-refractivity contribution in [3.05, 3.63) is 34.6 Å². The third-order valence-corrected chi connectivity index (χ3v) is 3.13. The lowest BCUT2D eigenvalue weighted by molar-refractivity contribution is 0.966. The Kier molecular flexibility index (Phi) is 2.65. The Morgan fingerprint density at radius 3 is 2.89 bits per heavy atom. The highest BCUT2D eigenvalue weighted by molar-refractivity contribution is 6.30. The first-order valence-electron chi connectivity index (χ1n) is 5.65. The summed E-state index contributed by atoms with van der Waals surface area (Å²) in [5.41, 5.74) is 1.51. The maximum atomic E-state index is 8.76. The molecule has 0 aromatic carbocycles. The van der Waals surface area contributed by atoms with Crippen molar-refractivity contribution in [2.75, 3.05) is 5.32 Å². The smallest absolute Gasteiger partial charge is 0.153 e. The molecular formula is C12H10ClN5. The van der Waals surface area contributed by atoms with E-state index in [4.69, 9.17) is 16.9 Å². The molecular weight excluding hydrogens is 250 g/mol. The zero-order valence-corrected chi connectivity index (χ0v) is 10.2. The second-order valence-corrected chi connectivity index (χ2v) is 4.61. The van der Waals surface area contributed by atoms with Gasteiger partial charge < -0.3 is 5.32 Å². The monoisotopic (exact) mass is 259 g/mol. The maximum Gasteiger partial charge on any atom is 0.153 e. The van der Waals surface area contributed by atoms with Crippen molar-refractivity contribution in [1.29, 1.82) is 5.26 Å². The van der Waals surface area contributed by atoms with Gasteiger partial charge in [0.05, 0.1) is 5.56 Å². The molecule has 2 heterocycles. The molecule has 1 fully saturated rings. The molecule has 90 valence electrons. The van der Waals surface area contributed by atoms with E-state index in [1.54, 1.807) is 12.1 Å². The van der Waals surface area contributed by atoms with E-state index in [0.29, 0.717) is 23.1 Å². The lowest BCUT2D eigenvalue weighted by atomic mass is 10.3. The first-order chi connectivity index (χ1) is 8.76. The largest absolute Gasteiger partial charge is 0.323 e. The number of aromatic amines is 1. The molecule has 0 bridgehead atoms. The van der Waals surface area contributed by atoms with Crippen LogP contribution in [0.2, 0.25) is 5.15 Å². The van der Waals surface area contributed by atoms with Gasteiger partial charge in [-0.05, 0) is 25.0 Å². The summed E-state index contributed by atoms with van der Waals surface area (Å²) in [5, 5.41) is 19.2. The van der Waals surface area contributed by atoms with E-state index in [2.05, 4.69) is 20.5 Å². The first-order valence-corrected chi connectivity index (χ1v) is 6.03. The van der Waals surface area contributed by atoms with Crippen molar-refractivity contribution in [1.82, 2.24) is 15.2 Å². The Labute approximate surface area is 109 Å². The molecule has 1 aliphatic rings. The van der Waals surface area contributed by atoms with E-state index in [1.807, 2.05) is 12.1 Å². The Bertz CT molecular complexity index is 624. The Hall–Kier alpha value is -2.06. The van der Waals surface area contributed by atoms with Crippen LogP contribution in [0.1, 0.15) is 30.0 Å². The zero-order valence-electron chi connectivity index (χ0n) is 9.44. The number of nitriles is 1. The molecule has 2 aromatic heterocycles. The van der Waals surface area contributed by atoms with Crippen LogP contribution in [0.5, 0.6) is 0 Å². The van der Waals surface area contributed by atoms with Gasteiger partial charge >= 0.3 is 0 Å². The van der Waals surface area contributed by atoms with Crippen LogP contribution in [0.3, 0.4) is 0 Å². The van der Waals surface area contributed by atoms with Gasteiger partial charge in [0.1, 0.15) is 17.0 Å². The summed E-state index contributed by atoms with van der Waals surface area (Å²) in [4.78, 5) is 4.09. The average molecular weight is 260 g/mol. The van der Waals surface area contributed by atoms with Crippen molar-refractivity contribution in [2.45, 2.75) is 18.8 Å². The number of rotatable bonds is 3. The Morgan fingerprint density at radius 1 is 1.39 bits per heavy atom. The first kappa shape index (κ1) is 11.1. The molecule has 3 rings (SSSR count). The number of H-pyrrole nitrogens is 1. The van der Waals surface area contributed by atoms with E-state index in [-0.39, 0.29) is 5.15 Å². The van der Waals surface area contributed by atoms with Gasteiger partial charge in [-0.15, -0.1) is 0 Å². The van der Waals surface area contributed by atoms with E-state index < -0.39 is 0 Å². The van der Waals surface area contributed by atoms with Crippen LogP contribution in [-0.2, 0) is 0 Å². The zero-order chi connectivity index (χ0) is 12.5. The van der Waals surface area contributed by atoms with Crippen LogP contribution in [0, 0.1) is 11.3 Å². The summed E-state index contributed by atoms with van der Waals surface area (Å²) < 4.78 is 0. The van der Waals surface area contributed by atoms with Gasteiger partial charge in [-0.25, -0.2) is 4.98 Å². The predicted molar refractivity (Wildman–Crippen MR) is 67.8 cm³/mol. The molecule has 1 saturated carbocycles. The van der Waals surface area contributed by atoms with Crippen LogP contribution in [0.15, 0.2) is 18.2 Å². The lowest BCUT2D eigenvalue weighted by Gasteiger charge is -2.02. The maximum absolute atomic E-state index is 8.76. The van der Waals surface area contributed by atoms with E-state index in [0.717, 1.165) is 5.69 Å². The predicted octanol–water partition coefficient (Wildman–Crippen LogP) is 2.95. The Morgan fingerprint density at radius 2 is 2.22 bits per heavy atom. The van der Waals surface area contributed by atoms with Gasteiger partial charge in [0.25, 0.3) is 0 Å². The number of hydrogen-bond donors (Lipinski definition) is 2. The summed E-state index contributed by atoms with van der Waals surface area (Å²) in [7, 11) is 0. The molecule has 6 heteroatoms. The van der Waals surface area contributed by atoms with Crippen LogP contribution in [0.25, 0.3) is 0 Å². The van der Waals surface area contributed by atoms with Gasteiger partial charge in [-0.1, -0.05) is 11.6 Å². The summed E-state index contributed by atoms with van der Waals surface area (Å²) in [6.07, 6.45) is 2.45. The van der Waals surface area contributed by atoms with Gasteiger partial charge in [-0.3, -0.25) is 5.10 Å². The SMILES string of the molecule is N#Cc1ccc(Nc2cc(C3CC3)[nH]n2)nc1Cl. The molecule has 0 radical (unpaired) electrons. The van der Waals surface area contributed by atoms with E-state index >= 15 is 0 Å². The van der Waals surface area contributed by atoms with Crippen LogP contribution in [-0.4, -0.2) is 15.2 Å². The number of halogens is 1. The number of anilines is 2. The highest BCUT2D eigenvalue weighted by Gasteiger charge is 2.25. The lowest BCUT2D eigenvalue weighted by Crippen LogP contribution is -1.95. The van der Waals surface area contributed by atoms with Crippen molar-refractivity contribution < 1.29 is 0 Å². The number of pyridine rings is 1. The second kappa shape index (κ2) is 4.31. The summed E-state index contributed by atoms with van der Waals surface area (Å²) in [6.45, 7) is 0. The highest BCUT2D eigenvalue weighted by atomic mass is 35.5. The number of hydrogen-bond acceptors (Lipinski definition) is 4. The molecule has 1 aliphatic carbocycles. The minimum atomic E-state index is 0.195.